The fraction of sp³-hybridized carbons (Fsp3) is 0.263. The first kappa shape index (κ1) is 13.3. The summed E-state index contributed by atoms with van der Waals surface area (Å²) in [7, 11) is 0. The van der Waals surface area contributed by atoms with Crippen molar-refractivity contribution in [2.45, 2.75) is 26.3 Å². The molecule has 1 atom stereocenters. The lowest BCUT2D eigenvalue weighted by Gasteiger charge is -2.12. The van der Waals surface area contributed by atoms with E-state index >= 15 is 0 Å². The van der Waals surface area contributed by atoms with Gasteiger partial charge in [-0.15, -0.1) is 0 Å². The summed E-state index contributed by atoms with van der Waals surface area (Å²) in [5.41, 5.74) is 11.8. The summed E-state index contributed by atoms with van der Waals surface area (Å²) in [5.74, 6) is 1.03. The second kappa shape index (κ2) is 4.80. The van der Waals surface area contributed by atoms with Gasteiger partial charge in [-0.3, -0.25) is 0 Å². The Morgan fingerprint density at radius 3 is 2.82 bits per heavy atom. The summed E-state index contributed by atoms with van der Waals surface area (Å²) in [6.07, 6.45) is 2.21. The number of anilines is 1. The zero-order valence-corrected chi connectivity index (χ0v) is 12.7. The number of nitrogens with two attached hydrogens (primary N) is 1. The van der Waals surface area contributed by atoms with Gasteiger partial charge in [-0.05, 0) is 48.6 Å². The monoisotopic (exact) mass is 292 g/mol. The van der Waals surface area contributed by atoms with Gasteiger partial charge in [0.25, 0.3) is 0 Å². The van der Waals surface area contributed by atoms with Gasteiger partial charge < -0.3 is 15.4 Å². The number of hydrogen-bond acceptors (Lipinski definition) is 2. The van der Waals surface area contributed by atoms with Gasteiger partial charge in [0.05, 0.1) is 6.54 Å². The lowest BCUT2D eigenvalue weighted by molar-refractivity contribution is 0.466. The second-order valence-electron chi connectivity index (χ2n) is 6.43. The number of aromatic nitrogens is 1. The Hall–Kier alpha value is -2.42. The molecule has 0 fully saturated rings. The van der Waals surface area contributed by atoms with Crippen LogP contribution in [-0.4, -0.2) is 9.67 Å². The van der Waals surface area contributed by atoms with Gasteiger partial charge in [-0.1, -0.05) is 25.1 Å². The Balaban J connectivity index is 1.90. The predicted molar refractivity (Wildman–Crippen MR) is 90.1 cm³/mol. The van der Waals surface area contributed by atoms with Gasteiger partial charge >= 0.3 is 0 Å². The summed E-state index contributed by atoms with van der Waals surface area (Å²) >= 11 is 0. The molecule has 0 unspecified atom stereocenters. The molecule has 22 heavy (non-hydrogen) atoms. The molecule has 0 aliphatic heterocycles. The molecule has 4 rings (SSSR count). The highest BCUT2D eigenvalue weighted by Gasteiger charge is 2.26. The molecule has 3 aromatic rings. The number of nitrogens with zero attached hydrogens (tertiary/aromatic N) is 1. The molecule has 0 amide bonds. The van der Waals surface area contributed by atoms with Gasteiger partial charge in [-0.25, -0.2) is 0 Å². The number of benzene rings is 2. The number of rotatable bonds is 2. The quantitative estimate of drug-likeness (QED) is 0.707. The van der Waals surface area contributed by atoms with Crippen molar-refractivity contribution in [2.75, 3.05) is 5.73 Å². The molecule has 2 aromatic carbocycles. The Morgan fingerprint density at radius 1 is 1.18 bits per heavy atom. The van der Waals surface area contributed by atoms with Crippen molar-refractivity contribution in [1.29, 1.82) is 0 Å². The molecule has 0 saturated carbocycles. The maximum atomic E-state index is 10.1. The standard InChI is InChI=1S/C19H20N2O/c1-12-8-15-16-10-14(20)6-7-17(16)21(18(15)9-12)11-13-4-2-3-5-19(13)22/h2-7,10,12,22H,8-9,11,20H2,1H3/t12-/m0/s1. The normalized spacial score (nSPS) is 17.0. The van der Waals surface area contributed by atoms with Crippen LogP contribution in [0.15, 0.2) is 42.5 Å². The van der Waals surface area contributed by atoms with E-state index in [0.29, 0.717) is 18.2 Å². The highest BCUT2D eigenvalue weighted by atomic mass is 16.3. The van der Waals surface area contributed by atoms with Crippen molar-refractivity contribution in [3.05, 3.63) is 59.3 Å². The summed E-state index contributed by atoms with van der Waals surface area (Å²) in [4.78, 5) is 0. The van der Waals surface area contributed by atoms with Gasteiger partial charge in [-0.2, -0.15) is 0 Å². The summed E-state index contributed by atoms with van der Waals surface area (Å²) < 4.78 is 2.35. The van der Waals surface area contributed by atoms with Crippen LogP contribution in [0.3, 0.4) is 0 Å². The number of nitrogen functional groups attached to an aromatic ring is 1. The van der Waals surface area contributed by atoms with Crippen molar-refractivity contribution in [2.24, 2.45) is 5.92 Å². The van der Waals surface area contributed by atoms with Crippen LogP contribution in [0.25, 0.3) is 10.9 Å². The van der Waals surface area contributed by atoms with E-state index in [1.807, 2.05) is 24.3 Å². The lowest BCUT2D eigenvalue weighted by atomic mass is 10.1. The van der Waals surface area contributed by atoms with Crippen LogP contribution in [-0.2, 0) is 19.4 Å². The molecule has 1 aliphatic rings. The molecule has 0 spiro atoms. The Morgan fingerprint density at radius 2 is 2.00 bits per heavy atom. The van der Waals surface area contributed by atoms with Crippen molar-refractivity contribution in [3.8, 4) is 5.75 Å². The van der Waals surface area contributed by atoms with Crippen molar-refractivity contribution in [3.63, 3.8) is 0 Å². The molecular formula is C19H20N2O. The van der Waals surface area contributed by atoms with E-state index in [0.717, 1.165) is 24.1 Å². The largest absolute Gasteiger partial charge is 0.508 e. The molecule has 3 nitrogen and oxygen atoms in total. The number of fused-ring (bicyclic) bond motifs is 3. The molecular weight excluding hydrogens is 272 g/mol. The van der Waals surface area contributed by atoms with Gasteiger partial charge in [0.2, 0.25) is 0 Å². The average molecular weight is 292 g/mol. The van der Waals surface area contributed by atoms with Gasteiger partial charge in [0.1, 0.15) is 5.75 Å². The van der Waals surface area contributed by atoms with E-state index in [-0.39, 0.29) is 0 Å². The minimum atomic E-state index is 0.361. The van der Waals surface area contributed by atoms with Crippen LogP contribution in [0.4, 0.5) is 5.69 Å². The highest BCUT2D eigenvalue weighted by molar-refractivity contribution is 5.89. The van der Waals surface area contributed by atoms with E-state index in [4.69, 9.17) is 5.73 Å². The minimum absolute atomic E-state index is 0.361. The van der Waals surface area contributed by atoms with Crippen molar-refractivity contribution < 1.29 is 5.11 Å². The third-order valence-electron chi connectivity index (χ3n) is 4.73. The third-order valence-corrected chi connectivity index (χ3v) is 4.73. The molecule has 3 heteroatoms. The highest BCUT2D eigenvalue weighted by Crippen LogP contribution is 2.37. The molecule has 0 bridgehead atoms. The number of aromatic hydroxyl groups is 1. The molecule has 0 saturated heterocycles. The Bertz CT molecular complexity index is 863. The van der Waals surface area contributed by atoms with E-state index < -0.39 is 0 Å². The van der Waals surface area contributed by atoms with Crippen LogP contribution < -0.4 is 5.73 Å². The zero-order chi connectivity index (χ0) is 15.3. The fourth-order valence-electron chi connectivity index (χ4n) is 3.70. The number of phenols is 1. The fourth-order valence-corrected chi connectivity index (χ4v) is 3.70. The molecule has 3 N–H and O–H groups in total. The first-order chi connectivity index (χ1) is 10.6. The average Bonchev–Trinajstić information content (AvgIpc) is 2.99. The molecule has 112 valence electrons. The van der Waals surface area contributed by atoms with E-state index in [2.05, 4.69) is 23.6 Å². The van der Waals surface area contributed by atoms with Crippen molar-refractivity contribution >= 4 is 16.6 Å². The van der Waals surface area contributed by atoms with Crippen LogP contribution in [0.2, 0.25) is 0 Å². The predicted octanol–water partition coefficient (Wildman–Crippen LogP) is 3.71. The van der Waals surface area contributed by atoms with Crippen LogP contribution in [0, 0.1) is 5.92 Å². The number of para-hydroxylation sites is 1. The van der Waals surface area contributed by atoms with Gasteiger partial charge in [0, 0.05) is 27.8 Å². The topological polar surface area (TPSA) is 51.2 Å². The molecule has 1 aliphatic carbocycles. The third kappa shape index (κ3) is 1.97. The summed E-state index contributed by atoms with van der Waals surface area (Å²) in [6, 6.07) is 13.7. The second-order valence-corrected chi connectivity index (χ2v) is 6.43. The van der Waals surface area contributed by atoms with Gasteiger partial charge in [0.15, 0.2) is 0 Å². The molecule has 1 heterocycles. The van der Waals surface area contributed by atoms with E-state index in [1.165, 1.54) is 22.2 Å². The maximum absolute atomic E-state index is 10.1. The molecule has 1 aromatic heterocycles. The Labute approximate surface area is 130 Å². The summed E-state index contributed by atoms with van der Waals surface area (Å²) in [6.45, 7) is 3.00. The zero-order valence-electron chi connectivity index (χ0n) is 12.7. The van der Waals surface area contributed by atoms with Crippen molar-refractivity contribution in [1.82, 2.24) is 4.57 Å². The van der Waals surface area contributed by atoms with E-state index in [9.17, 15) is 5.11 Å². The molecule has 0 radical (unpaired) electrons. The smallest absolute Gasteiger partial charge is 0.120 e. The van der Waals surface area contributed by atoms with Crippen LogP contribution in [0.1, 0.15) is 23.7 Å². The first-order valence-corrected chi connectivity index (χ1v) is 7.80. The minimum Gasteiger partial charge on any atom is -0.508 e. The van der Waals surface area contributed by atoms with E-state index in [1.54, 1.807) is 6.07 Å². The number of hydrogen-bond donors (Lipinski definition) is 2. The first-order valence-electron chi connectivity index (χ1n) is 7.80. The maximum Gasteiger partial charge on any atom is 0.120 e. The number of phenolic OH excluding ortho intramolecular Hbond substituents is 1. The summed E-state index contributed by atoms with van der Waals surface area (Å²) in [5, 5.41) is 11.4. The van der Waals surface area contributed by atoms with Crippen LogP contribution >= 0.6 is 0 Å². The van der Waals surface area contributed by atoms with Crippen LogP contribution in [0.5, 0.6) is 5.75 Å². The SMILES string of the molecule is C[C@H]1Cc2c(n(Cc3ccccc3O)c3ccc(N)cc23)C1. The Kier molecular flexibility index (Phi) is 2.89. The lowest BCUT2D eigenvalue weighted by Crippen LogP contribution is -2.05.